The zero-order valence-corrected chi connectivity index (χ0v) is 14.0. The predicted octanol–water partition coefficient (Wildman–Crippen LogP) is 3.49. The van der Waals surface area contributed by atoms with E-state index < -0.39 is 0 Å². The van der Waals surface area contributed by atoms with Crippen molar-refractivity contribution in [2.24, 2.45) is 4.99 Å². The highest BCUT2D eigenvalue weighted by Gasteiger charge is 2.19. The molecule has 25 heavy (non-hydrogen) atoms. The van der Waals surface area contributed by atoms with Crippen LogP contribution in [0.15, 0.2) is 59.9 Å². The van der Waals surface area contributed by atoms with Gasteiger partial charge in [0.05, 0.1) is 18.8 Å². The Morgan fingerprint density at radius 1 is 1.20 bits per heavy atom. The Labute approximate surface area is 146 Å². The molecule has 3 aromatic rings. The van der Waals surface area contributed by atoms with Gasteiger partial charge in [0, 0.05) is 23.9 Å². The smallest absolute Gasteiger partial charge is 0.106 e. The first-order valence-corrected chi connectivity index (χ1v) is 8.36. The van der Waals surface area contributed by atoms with Crippen LogP contribution in [0.1, 0.15) is 22.7 Å². The lowest BCUT2D eigenvalue weighted by molar-refractivity contribution is 0.269. The van der Waals surface area contributed by atoms with Gasteiger partial charge in [-0.25, -0.2) is 0 Å². The van der Waals surface area contributed by atoms with Crippen molar-refractivity contribution in [3.05, 3.63) is 71.5 Å². The molecule has 1 aliphatic rings. The number of benzene rings is 2. The standard InChI is InChI=1S/C20H20N4O/c1-13-3-2-4-15(7-13)19(12-25)24-20-9-16-6-5-14(8-18(16)23-20)17-10-21-22-11-17/h2-8,10-11,19,25H,9,12H2,1H3,(H,21,22)(H,23,24). The number of aliphatic imine (C=N–C) groups is 1. The van der Waals surface area contributed by atoms with Gasteiger partial charge in [-0.3, -0.25) is 10.1 Å². The zero-order valence-electron chi connectivity index (χ0n) is 14.0. The number of aromatic amines is 1. The number of aliphatic hydroxyl groups is 1. The first-order chi connectivity index (χ1) is 12.2. The molecule has 1 aromatic heterocycles. The van der Waals surface area contributed by atoms with Crippen LogP contribution in [0.2, 0.25) is 0 Å². The van der Waals surface area contributed by atoms with Gasteiger partial charge in [0.1, 0.15) is 5.84 Å². The number of hydrogen-bond acceptors (Lipinski definition) is 3. The maximum atomic E-state index is 9.77. The number of rotatable bonds is 4. The van der Waals surface area contributed by atoms with E-state index in [1.54, 1.807) is 0 Å². The van der Waals surface area contributed by atoms with Crippen LogP contribution in [0, 0.1) is 6.92 Å². The third kappa shape index (κ3) is 3.19. The third-order valence-corrected chi connectivity index (χ3v) is 4.49. The molecule has 5 heteroatoms. The van der Waals surface area contributed by atoms with Crippen molar-refractivity contribution in [3.8, 4) is 11.1 Å². The maximum absolute atomic E-state index is 9.77. The van der Waals surface area contributed by atoms with Crippen LogP contribution < -0.4 is 5.32 Å². The minimum atomic E-state index is -0.245. The number of fused-ring (bicyclic) bond motifs is 1. The summed E-state index contributed by atoms with van der Waals surface area (Å²) in [6.07, 6.45) is 4.44. The second kappa shape index (κ2) is 6.53. The highest BCUT2D eigenvalue weighted by molar-refractivity contribution is 6.03. The summed E-state index contributed by atoms with van der Waals surface area (Å²) >= 11 is 0. The van der Waals surface area contributed by atoms with Crippen molar-refractivity contribution < 1.29 is 5.11 Å². The van der Waals surface area contributed by atoms with Crippen LogP contribution >= 0.6 is 0 Å². The molecule has 1 aliphatic heterocycles. The van der Waals surface area contributed by atoms with Crippen molar-refractivity contribution in [2.75, 3.05) is 11.9 Å². The van der Waals surface area contributed by atoms with Crippen LogP contribution in [0.5, 0.6) is 0 Å². The van der Waals surface area contributed by atoms with Gasteiger partial charge in [-0.1, -0.05) is 42.0 Å². The van der Waals surface area contributed by atoms with E-state index in [1.165, 1.54) is 11.1 Å². The number of hydrogen-bond donors (Lipinski definition) is 3. The van der Waals surface area contributed by atoms with Gasteiger partial charge in [0.15, 0.2) is 0 Å². The Kier molecular flexibility index (Phi) is 4.07. The molecule has 3 N–H and O–H groups in total. The van der Waals surface area contributed by atoms with Crippen molar-refractivity contribution in [1.29, 1.82) is 0 Å². The van der Waals surface area contributed by atoms with Gasteiger partial charge >= 0.3 is 0 Å². The molecule has 0 spiro atoms. The van der Waals surface area contributed by atoms with E-state index >= 15 is 0 Å². The molecular formula is C20H20N4O. The highest BCUT2D eigenvalue weighted by atomic mass is 16.3. The molecule has 0 bridgehead atoms. The average Bonchev–Trinajstić information content (AvgIpc) is 3.28. The third-order valence-electron chi connectivity index (χ3n) is 4.49. The Morgan fingerprint density at radius 3 is 2.88 bits per heavy atom. The summed E-state index contributed by atoms with van der Waals surface area (Å²) < 4.78 is 0. The molecule has 5 nitrogen and oxygen atoms in total. The lowest BCUT2D eigenvalue weighted by Gasteiger charge is -2.12. The van der Waals surface area contributed by atoms with Crippen LogP contribution in [0.25, 0.3) is 11.1 Å². The van der Waals surface area contributed by atoms with E-state index in [9.17, 15) is 5.11 Å². The van der Waals surface area contributed by atoms with Gasteiger partial charge in [-0.05, 0) is 29.7 Å². The van der Waals surface area contributed by atoms with Crippen LogP contribution in [0.3, 0.4) is 0 Å². The van der Waals surface area contributed by atoms with Gasteiger partial charge in [-0.15, -0.1) is 0 Å². The molecule has 4 rings (SSSR count). The molecule has 0 aliphatic carbocycles. The summed E-state index contributed by atoms with van der Waals surface area (Å²) in [6.45, 7) is 2.04. The van der Waals surface area contributed by atoms with Crippen molar-refractivity contribution in [3.63, 3.8) is 0 Å². The second-order valence-electron chi connectivity index (χ2n) is 6.35. The van der Waals surface area contributed by atoms with Gasteiger partial charge in [0.25, 0.3) is 0 Å². The highest BCUT2D eigenvalue weighted by Crippen LogP contribution is 2.30. The molecule has 0 radical (unpaired) electrons. The SMILES string of the molecule is Cc1cccc(C(CO)N=C2Cc3ccc(-c4cn[nH]c4)cc3N2)c1. The van der Waals surface area contributed by atoms with Gasteiger partial charge in [0.2, 0.25) is 0 Å². The minimum absolute atomic E-state index is 0.00868. The molecule has 0 fully saturated rings. The summed E-state index contributed by atoms with van der Waals surface area (Å²) in [7, 11) is 0. The van der Waals surface area contributed by atoms with Gasteiger partial charge in [-0.2, -0.15) is 5.10 Å². The molecule has 1 atom stereocenters. The van der Waals surface area contributed by atoms with Crippen LogP contribution in [-0.2, 0) is 6.42 Å². The molecule has 126 valence electrons. The van der Waals surface area contributed by atoms with E-state index in [1.807, 2.05) is 37.5 Å². The summed E-state index contributed by atoms with van der Waals surface area (Å²) in [4.78, 5) is 4.75. The normalized spacial score (nSPS) is 15.8. The Balaban J connectivity index is 1.59. The van der Waals surface area contributed by atoms with E-state index in [0.717, 1.165) is 34.6 Å². The average molecular weight is 332 g/mol. The molecule has 0 saturated carbocycles. The number of nitrogens with zero attached hydrogens (tertiary/aromatic N) is 2. The molecule has 0 saturated heterocycles. The fourth-order valence-corrected chi connectivity index (χ4v) is 3.18. The molecule has 2 aromatic carbocycles. The number of H-pyrrole nitrogens is 1. The lowest BCUT2D eigenvalue weighted by atomic mass is 10.0. The first-order valence-electron chi connectivity index (χ1n) is 8.36. The van der Waals surface area contributed by atoms with E-state index in [-0.39, 0.29) is 12.6 Å². The fourth-order valence-electron chi connectivity index (χ4n) is 3.18. The summed E-state index contributed by atoms with van der Waals surface area (Å²) in [5.41, 5.74) is 6.65. The van der Waals surface area contributed by atoms with Crippen LogP contribution in [-0.4, -0.2) is 27.7 Å². The largest absolute Gasteiger partial charge is 0.394 e. The number of amidine groups is 1. The minimum Gasteiger partial charge on any atom is -0.394 e. The molecular weight excluding hydrogens is 312 g/mol. The monoisotopic (exact) mass is 332 g/mol. The zero-order chi connectivity index (χ0) is 17.2. The number of aromatic nitrogens is 2. The fraction of sp³-hybridized carbons (Fsp3) is 0.200. The summed E-state index contributed by atoms with van der Waals surface area (Å²) in [5, 5.41) is 20.0. The van der Waals surface area contributed by atoms with E-state index in [2.05, 4.69) is 39.8 Å². The Morgan fingerprint density at radius 2 is 2.12 bits per heavy atom. The number of anilines is 1. The number of aryl methyl sites for hydroxylation is 1. The van der Waals surface area contributed by atoms with Gasteiger partial charge < -0.3 is 10.4 Å². The second-order valence-corrected chi connectivity index (χ2v) is 6.35. The lowest BCUT2D eigenvalue weighted by Crippen LogP contribution is -2.11. The summed E-state index contributed by atoms with van der Waals surface area (Å²) in [6, 6.07) is 14.2. The summed E-state index contributed by atoms with van der Waals surface area (Å²) in [5.74, 6) is 0.889. The van der Waals surface area contributed by atoms with Crippen molar-refractivity contribution in [1.82, 2.24) is 10.2 Å². The topological polar surface area (TPSA) is 73.3 Å². The first kappa shape index (κ1) is 15.6. The molecule has 0 amide bonds. The number of aliphatic hydroxyl groups excluding tert-OH is 1. The van der Waals surface area contributed by atoms with Crippen molar-refractivity contribution in [2.45, 2.75) is 19.4 Å². The maximum Gasteiger partial charge on any atom is 0.106 e. The van der Waals surface area contributed by atoms with E-state index in [4.69, 9.17) is 4.99 Å². The molecule has 1 unspecified atom stereocenters. The van der Waals surface area contributed by atoms with E-state index in [0.29, 0.717) is 0 Å². The Hall–Kier alpha value is -2.92. The van der Waals surface area contributed by atoms with Crippen LogP contribution in [0.4, 0.5) is 5.69 Å². The Bertz CT molecular complexity index is 915. The molecule has 2 heterocycles. The number of nitrogens with one attached hydrogen (secondary N) is 2. The predicted molar refractivity (Wildman–Crippen MR) is 99.8 cm³/mol. The van der Waals surface area contributed by atoms with Crippen molar-refractivity contribution >= 4 is 11.5 Å². The quantitative estimate of drug-likeness (QED) is 0.685.